The van der Waals surface area contributed by atoms with E-state index in [1.54, 1.807) is 13.2 Å². The van der Waals surface area contributed by atoms with E-state index in [0.29, 0.717) is 11.4 Å². The molecule has 2 amide bonds. The van der Waals surface area contributed by atoms with Crippen LogP contribution in [0.5, 0.6) is 0 Å². The van der Waals surface area contributed by atoms with Crippen molar-refractivity contribution in [2.45, 2.75) is 7.43 Å². The van der Waals surface area contributed by atoms with Gasteiger partial charge in [0, 0.05) is 52.7 Å². The van der Waals surface area contributed by atoms with Gasteiger partial charge in [0.05, 0.1) is 40.7 Å². The van der Waals surface area contributed by atoms with Crippen LogP contribution in [0.4, 0.5) is 22.7 Å². The van der Waals surface area contributed by atoms with Crippen molar-refractivity contribution in [3.63, 3.8) is 0 Å². The fourth-order valence-corrected chi connectivity index (χ4v) is 3.92. The van der Waals surface area contributed by atoms with Gasteiger partial charge in [-0.15, -0.1) is 0 Å². The van der Waals surface area contributed by atoms with Crippen LogP contribution in [0.3, 0.4) is 0 Å². The number of ether oxygens (including phenoxy) is 1. The van der Waals surface area contributed by atoms with Gasteiger partial charge in [0.2, 0.25) is 0 Å². The Labute approximate surface area is 273 Å². The van der Waals surface area contributed by atoms with Gasteiger partial charge in [0.25, 0.3) is 23.2 Å². The number of hydrogen-bond donors (Lipinski definition) is 3. The van der Waals surface area contributed by atoms with Crippen molar-refractivity contribution in [3.05, 3.63) is 92.1 Å². The van der Waals surface area contributed by atoms with E-state index < -0.39 is 33.6 Å². The van der Waals surface area contributed by atoms with Crippen molar-refractivity contribution < 1.29 is 63.2 Å². The molecular weight excluding hydrogens is 607 g/mol. The molecule has 0 spiro atoms. The summed E-state index contributed by atoms with van der Waals surface area (Å²) in [7, 11) is 7.47. The molecular formula is C26H31LiN8O11. The number of nitrogens with zero attached hydrogens (tertiary/aromatic N) is 6. The van der Waals surface area contributed by atoms with E-state index in [2.05, 4.69) is 15.4 Å². The molecule has 0 unspecified atom stereocenters. The Morgan fingerprint density at radius 1 is 0.696 bits per heavy atom. The molecule has 4 rings (SSSR count). The monoisotopic (exact) mass is 638 g/mol. The average Bonchev–Trinajstić information content (AvgIpc) is 3.69. The molecule has 0 atom stereocenters. The van der Waals surface area contributed by atoms with Crippen molar-refractivity contribution in [3.8, 4) is 0 Å². The normalized spacial score (nSPS) is 9.67. The molecule has 0 aliphatic carbocycles. The molecule has 46 heavy (non-hydrogen) atoms. The first-order valence-corrected chi connectivity index (χ1v) is 12.0. The first-order valence-electron chi connectivity index (χ1n) is 12.0. The van der Waals surface area contributed by atoms with E-state index in [4.69, 9.17) is 5.11 Å². The SMILES string of the molecule is C.COC(=O)c1cc(NC(=O)c2cc([N+](=O)[O-])cn2C)cn1C.Cn1cc(NC(=O)c2cc([N+](=O)[O-])cn2C)cc1C(=O)O.[Li+].[OH-]. The molecule has 4 N–H and O–H groups in total. The first-order chi connectivity index (χ1) is 20.1. The van der Waals surface area contributed by atoms with Gasteiger partial charge in [-0.25, -0.2) is 9.59 Å². The number of amides is 2. The van der Waals surface area contributed by atoms with Crippen LogP contribution in [0.2, 0.25) is 0 Å². The molecule has 242 valence electrons. The number of carboxylic acid groups (broad SMARTS) is 1. The van der Waals surface area contributed by atoms with E-state index in [9.17, 15) is 39.4 Å². The summed E-state index contributed by atoms with van der Waals surface area (Å²) in [6.45, 7) is 0. The smallest absolute Gasteiger partial charge is 0.870 e. The van der Waals surface area contributed by atoms with Crippen LogP contribution in [-0.4, -0.2) is 69.6 Å². The van der Waals surface area contributed by atoms with Gasteiger partial charge in [-0.1, -0.05) is 7.43 Å². The quantitative estimate of drug-likeness (QED) is 0.100. The number of aryl methyl sites for hydroxylation is 4. The van der Waals surface area contributed by atoms with E-state index >= 15 is 0 Å². The van der Waals surface area contributed by atoms with Crippen LogP contribution in [0.1, 0.15) is 49.4 Å². The van der Waals surface area contributed by atoms with Crippen LogP contribution in [0.25, 0.3) is 0 Å². The summed E-state index contributed by atoms with van der Waals surface area (Å²) in [6.07, 6.45) is 5.46. The maximum Gasteiger partial charge on any atom is 1.00 e. The molecule has 20 heteroatoms. The third kappa shape index (κ3) is 9.18. The van der Waals surface area contributed by atoms with E-state index in [1.807, 2.05) is 0 Å². The maximum absolute atomic E-state index is 12.2. The Hall–Kier alpha value is -5.64. The predicted molar refractivity (Wildman–Crippen MR) is 158 cm³/mol. The summed E-state index contributed by atoms with van der Waals surface area (Å²) >= 11 is 0. The minimum absolute atomic E-state index is 0. The van der Waals surface area contributed by atoms with Gasteiger partial charge in [-0.2, -0.15) is 0 Å². The Kier molecular flexibility index (Phi) is 14.4. The standard InChI is InChI=1S/C13H14N4O5.C12H12N4O5.CH4.Li.H2O/c1-15-6-8(4-11(15)13(19)22-3)14-12(18)10-5-9(17(20)21)7-16(10)2;1-14-5-7(3-10(14)12(18)19)13-11(17)9-4-8(16(20)21)6-15(9)2;;;/h4-7H,1-3H3,(H,14,18);3-6H,1-2H3,(H,13,17)(H,18,19);1H4;;1H2/q;;;+1;/p-1. The molecule has 0 fully saturated rings. The van der Waals surface area contributed by atoms with Gasteiger partial charge in [-0.3, -0.25) is 29.8 Å². The van der Waals surface area contributed by atoms with Crippen LogP contribution in [0.15, 0.2) is 49.1 Å². The van der Waals surface area contributed by atoms with Crippen LogP contribution in [-0.2, 0) is 32.9 Å². The molecule has 0 aliphatic rings. The summed E-state index contributed by atoms with van der Waals surface area (Å²) in [6, 6.07) is 5.09. The molecule has 0 aliphatic heterocycles. The molecule has 0 aromatic carbocycles. The van der Waals surface area contributed by atoms with Crippen molar-refractivity contribution >= 4 is 46.5 Å². The number of nitrogens with one attached hydrogen (secondary N) is 2. The topological polar surface area (TPSA) is 258 Å². The number of carboxylic acids is 1. The van der Waals surface area contributed by atoms with Crippen molar-refractivity contribution in [1.82, 2.24) is 18.3 Å². The molecule has 4 heterocycles. The number of aromatic nitrogens is 4. The first kappa shape index (κ1) is 40.4. The van der Waals surface area contributed by atoms with E-state index in [1.165, 1.54) is 83.3 Å². The third-order valence-electron chi connectivity index (χ3n) is 6.01. The number of carbonyl (C=O) groups is 4. The molecule has 0 saturated heterocycles. The Morgan fingerprint density at radius 3 is 1.35 bits per heavy atom. The van der Waals surface area contributed by atoms with Gasteiger partial charge in [-0.05, 0) is 12.1 Å². The van der Waals surface area contributed by atoms with E-state index in [0.717, 1.165) is 6.07 Å². The van der Waals surface area contributed by atoms with E-state index in [-0.39, 0.29) is 65.9 Å². The van der Waals surface area contributed by atoms with Gasteiger partial charge < -0.3 is 44.2 Å². The second-order valence-corrected chi connectivity index (χ2v) is 9.06. The number of aromatic carboxylic acids is 1. The number of rotatable bonds is 8. The minimum atomic E-state index is -1.12. The molecule has 0 radical (unpaired) electrons. The third-order valence-corrected chi connectivity index (χ3v) is 6.01. The molecule has 4 aromatic heterocycles. The molecule has 0 bridgehead atoms. The summed E-state index contributed by atoms with van der Waals surface area (Å²) in [5.74, 6) is -2.73. The number of carbonyl (C=O) groups excluding carboxylic acids is 3. The van der Waals surface area contributed by atoms with Crippen molar-refractivity contribution in [2.75, 3.05) is 17.7 Å². The number of methoxy groups -OCH3 is 1. The zero-order valence-corrected chi connectivity index (χ0v) is 24.9. The number of esters is 1. The summed E-state index contributed by atoms with van der Waals surface area (Å²) in [4.78, 5) is 66.8. The van der Waals surface area contributed by atoms with Crippen LogP contribution < -0.4 is 29.5 Å². The van der Waals surface area contributed by atoms with Crippen LogP contribution >= 0.6 is 0 Å². The second-order valence-electron chi connectivity index (χ2n) is 9.06. The van der Waals surface area contributed by atoms with Crippen molar-refractivity contribution in [2.24, 2.45) is 28.2 Å². The second kappa shape index (κ2) is 16.4. The summed E-state index contributed by atoms with van der Waals surface area (Å²) < 4.78 is 10.2. The van der Waals surface area contributed by atoms with Crippen LogP contribution in [0, 0.1) is 20.2 Å². The molecule has 0 saturated carbocycles. The minimum Gasteiger partial charge on any atom is -0.870 e. The van der Waals surface area contributed by atoms with Gasteiger partial charge in [0.1, 0.15) is 22.8 Å². The Balaban J connectivity index is 0.000000827. The zero-order valence-electron chi connectivity index (χ0n) is 24.9. The maximum atomic E-state index is 12.2. The number of anilines is 2. The molecule has 19 nitrogen and oxygen atoms in total. The van der Waals surface area contributed by atoms with Gasteiger partial charge in [0.15, 0.2) is 0 Å². The zero-order chi connectivity index (χ0) is 32.2. The fourth-order valence-electron chi connectivity index (χ4n) is 3.92. The molecule has 4 aromatic rings. The summed E-state index contributed by atoms with van der Waals surface area (Å²) in [5.41, 5.74) is 0.842. The fraction of sp³-hybridized carbons (Fsp3) is 0.231. The number of nitro groups is 2. The average molecular weight is 639 g/mol. The number of hydrogen-bond acceptors (Lipinski definition) is 10. The van der Waals surface area contributed by atoms with Gasteiger partial charge >= 0.3 is 30.8 Å². The largest absolute Gasteiger partial charge is 1.00 e. The van der Waals surface area contributed by atoms with Crippen molar-refractivity contribution in [1.29, 1.82) is 0 Å². The Morgan fingerprint density at radius 2 is 1.04 bits per heavy atom. The Bertz CT molecular complexity index is 1770. The summed E-state index contributed by atoms with van der Waals surface area (Å²) in [5, 5.41) is 35.4. The predicted octanol–water partition coefficient (Wildman–Crippen LogP) is -0.00370.